The molecule has 1 N–H and O–H groups in total. The second-order valence-electron chi connectivity index (χ2n) is 7.57. The first-order valence-corrected chi connectivity index (χ1v) is 11.4. The van der Waals surface area contributed by atoms with Gasteiger partial charge in [0.05, 0.1) is 4.90 Å². The highest BCUT2D eigenvalue weighted by Gasteiger charge is 2.36. The van der Waals surface area contributed by atoms with Crippen LogP contribution >= 0.6 is 0 Å². The summed E-state index contributed by atoms with van der Waals surface area (Å²) in [4.78, 5) is 14.5. The lowest BCUT2D eigenvalue weighted by Gasteiger charge is -2.18. The number of anilines is 1. The Balaban J connectivity index is 1.68. The number of fused-ring (bicyclic) bond motifs is 1. The Hall–Kier alpha value is -1.40. The molecule has 1 aromatic rings. The second-order valence-corrected chi connectivity index (χ2v) is 9.34. The van der Waals surface area contributed by atoms with Gasteiger partial charge in [-0.15, -0.1) is 0 Å². The number of unbranched alkanes of at least 4 members (excludes halogenated alkanes) is 1. The van der Waals surface area contributed by atoms with E-state index in [1.807, 2.05) is 4.90 Å². The molecule has 5 nitrogen and oxygen atoms in total. The van der Waals surface area contributed by atoms with Gasteiger partial charge < -0.3 is 4.90 Å². The predicted octanol–water partition coefficient (Wildman–Crippen LogP) is 3.48. The van der Waals surface area contributed by atoms with Crippen LogP contribution in [-0.2, 0) is 21.2 Å². The predicted molar refractivity (Wildman–Crippen MR) is 104 cm³/mol. The van der Waals surface area contributed by atoms with E-state index >= 15 is 0 Å². The molecule has 0 bridgehead atoms. The van der Waals surface area contributed by atoms with Gasteiger partial charge in [0.15, 0.2) is 0 Å². The van der Waals surface area contributed by atoms with Crippen molar-refractivity contribution in [1.82, 2.24) is 4.72 Å². The van der Waals surface area contributed by atoms with Crippen LogP contribution in [0.15, 0.2) is 23.1 Å². The fraction of sp³-hybridized carbons (Fsp3) is 0.650. The van der Waals surface area contributed by atoms with E-state index in [0.717, 1.165) is 56.2 Å². The highest BCUT2D eigenvalue weighted by molar-refractivity contribution is 7.89. The minimum Gasteiger partial charge on any atom is -0.312 e. The van der Waals surface area contributed by atoms with Gasteiger partial charge in [0.1, 0.15) is 0 Å². The summed E-state index contributed by atoms with van der Waals surface area (Å²) in [7, 11) is -3.51. The molecule has 0 spiro atoms. The van der Waals surface area contributed by atoms with Crippen molar-refractivity contribution in [2.24, 2.45) is 11.8 Å². The van der Waals surface area contributed by atoms with Gasteiger partial charge in [0.2, 0.25) is 15.9 Å². The minimum absolute atomic E-state index is 0.181. The third-order valence-electron chi connectivity index (χ3n) is 5.55. The normalized spacial score (nSPS) is 18.0. The second kappa shape index (κ2) is 8.09. The first-order valence-electron chi connectivity index (χ1n) is 9.90. The molecular formula is C20H30N2O3S. The van der Waals surface area contributed by atoms with E-state index in [9.17, 15) is 13.2 Å². The molecule has 6 heteroatoms. The monoisotopic (exact) mass is 378 g/mol. The van der Waals surface area contributed by atoms with Crippen molar-refractivity contribution in [3.05, 3.63) is 23.8 Å². The third-order valence-corrected chi connectivity index (χ3v) is 6.98. The molecule has 1 fully saturated rings. The maximum atomic E-state index is 12.7. The average molecular weight is 379 g/mol. The quantitative estimate of drug-likeness (QED) is 0.715. The zero-order chi connectivity index (χ0) is 18.7. The van der Waals surface area contributed by atoms with Crippen LogP contribution in [0.5, 0.6) is 0 Å². The van der Waals surface area contributed by atoms with Crippen molar-refractivity contribution in [2.45, 2.75) is 63.7 Å². The standard InChI is InChI=1S/C20H30N2O3S/c1-3-5-6-15(4-2)14-21-26(24,25)18-9-10-19-17(13-18)11-12-22(19)20(23)16-7-8-16/h9-10,13,15-16,21H,3-8,11-12,14H2,1-2H3/t15-/m1/s1. The molecule has 26 heavy (non-hydrogen) atoms. The minimum atomic E-state index is -3.51. The number of amides is 1. The van der Waals surface area contributed by atoms with Gasteiger partial charge in [0.25, 0.3) is 0 Å². The van der Waals surface area contributed by atoms with Gasteiger partial charge in [0, 0.05) is 24.7 Å². The maximum Gasteiger partial charge on any atom is 0.240 e. The van der Waals surface area contributed by atoms with Crippen LogP contribution in [0.3, 0.4) is 0 Å². The summed E-state index contributed by atoms with van der Waals surface area (Å²) in [6, 6.07) is 5.17. The Labute approximate surface area is 157 Å². The van der Waals surface area contributed by atoms with E-state index in [4.69, 9.17) is 0 Å². The third kappa shape index (κ3) is 4.29. The van der Waals surface area contributed by atoms with Crippen LogP contribution < -0.4 is 9.62 Å². The molecule has 1 aromatic carbocycles. The number of rotatable bonds is 9. The number of nitrogens with one attached hydrogen (secondary N) is 1. The average Bonchev–Trinajstić information content (AvgIpc) is 3.40. The molecule has 0 radical (unpaired) electrons. The number of hydrogen-bond acceptors (Lipinski definition) is 3. The van der Waals surface area contributed by atoms with Crippen molar-refractivity contribution in [3.63, 3.8) is 0 Å². The summed E-state index contributed by atoms with van der Waals surface area (Å²) >= 11 is 0. The summed E-state index contributed by atoms with van der Waals surface area (Å²) in [5.74, 6) is 0.755. The Bertz CT molecular complexity index is 756. The molecule has 1 atom stereocenters. The number of carbonyl (C=O) groups is 1. The summed E-state index contributed by atoms with van der Waals surface area (Å²) < 4.78 is 28.1. The summed E-state index contributed by atoms with van der Waals surface area (Å²) in [5.41, 5.74) is 1.84. The first-order chi connectivity index (χ1) is 12.5. The molecular weight excluding hydrogens is 348 g/mol. The SMILES string of the molecule is CCCC[C@@H](CC)CNS(=O)(=O)c1ccc2c(c1)CCN2C(=O)C1CC1. The number of hydrogen-bond donors (Lipinski definition) is 1. The van der Waals surface area contributed by atoms with Crippen LogP contribution in [0.25, 0.3) is 0 Å². The fourth-order valence-corrected chi connectivity index (χ4v) is 4.75. The van der Waals surface area contributed by atoms with Crippen molar-refractivity contribution >= 4 is 21.6 Å². The molecule has 144 valence electrons. The van der Waals surface area contributed by atoms with Gasteiger partial charge in [-0.3, -0.25) is 4.79 Å². The lowest BCUT2D eigenvalue weighted by molar-refractivity contribution is -0.119. The first kappa shape index (κ1) is 19.4. The van der Waals surface area contributed by atoms with Crippen LogP contribution in [-0.4, -0.2) is 27.4 Å². The van der Waals surface area contributed by atoms with Crippen LogP contribution in [0.4, 0.5) is 5.69 Å². The summed E-state index contributed by atoms with van der Waals surface area (Å²) in [5, 5.41) is 0. The van der Waals surface area contributed by atoms with Crippen molar-refractivity contribution < 1.29 is 13.2 Å². The smallest absolute Gasteiger partial charge is 0.240 e. The molecule has 1 saturated carbocycles. The molecule has 0 saturated heterocycles. The van der Waals surface area contributed by atoms with Gasteiger partial charge in [-0.05, 0) is 55.4 Å². The molecule has 1 heterocycles. The Kier molecular flexibility index (Phi) is 6.03. The number of carbonyl (C=O) groups excluding carboxylic acids is 1. The van der Waals surface area contributed by atoms with Gasteiger partial charge in [-0.1, -0.05) is 33.1 Å². The van der Waals surface area contributed by atoms with Crippen molar-refractivity contribution in [2.75, 3.05) is 18.0 Å². The number of nitrogens with zero attached hydrogens (tertiary/aromatic N) is 1. The zero-order valence-electron chi connectivity index (χ0n) is 15.8. The van der Waals surface area contributed by atoms with Gasteiger partial charge in [-0.25, -0.2) is 13.1 Å². The van der Waals surface area contributed by atoms with Gasteiger partial charge in [-0.2, -0.15) is 0 Å². The molecule has 0 aromatic heterocycles. The maximum absolute atomic E-state index is 12.7. The lowest BCUT2D eigenvalue weighted by atomic mass is 10.00. The van der Waals surface area contributed by atoms with E-state index < -0.39 is 10.0 Å². The van der Waals surface area contributed by atoms with E-state index in [2.05, 4.69) is 18.6 Å². The number of benzene rings is 1. The molecule has 3 rings (SSSR count). The van der Waals surface area contributed by atoms with Crippen LogP contribution in [0, 0.1) is 11.8 Å². The molecule has 1 amide bonds. The van der Waals surface area contributed by atoms with Crippen molar-refractivity contribution in [3.8, 4) is 0 Å². The summed E-state index contributed by atoms with van der Waals surface area (Å²) in [6.45, 7) is 5.41. The largest absolute Gasteiger partial charge is 0.312 e. The van der Waals surface area contributed by atoms with Crippen LogP contribution in [0.2, 0.25) is 0 Å². The number of sulfonamides is 1. The molecule has 0 unspecified atom stereocenters. The van der Waals surface area contributed by atoms with E-state index in [1.165, 1.54) is 0 Å². The molecule has 1 aliphatic carbocycles. The van der Waals surface area contributed by atoms with E-state index in [0.29, 0.717) is 23.9 Å². The Morgan fingerprint density at radius 1 is 1.31 bits per heavy atom. The fourth-order valence-electron chi connectivity index (χ4n) is 3.58. The zero-order valence-corrected chi connectivity index (χ0v) is 16.6. The van der Waals surface area contributed by atoms with Crippen LogP contribution in [0.1, 0.15) is 57.9 Å². The van der Waals surface area contributed by atoms with E-state index in [-0.39, 0.29) is 11.8 Å². The summed E-state index contributed by atoms with van der Waals surface area (Å²) in [6.07, 6.45) is 6.98. The Morgan fingerprint density at radius 2 is 2.08 bits per heavy atom. The topological polar surface area (TPSA) is 66.5 Å². The van der Waals surface area contributed by atoms with Gasteiger partial charge >= 0.3 is 0 Å². The highest BCUT2D eigenvalue weighted by Crippen LogP contribution is 2.37. The van der Waals surface area contributed by atoms with E-state index in [1.54, 1.807) is 18.2 Å². The van der Waals surface area contributed by atoms with Crippen molar-refractivity contribution in [1.29, 1.82) is 0 Å². The Morgan fingerprint density at radius 3 is 2.73 bits per heavy atom. The molecule has 1 aliphatic heterocycles. The highest BCUT2D eigenvalue weighted by atomic mass is 32.2. The lowest BCUT2D eigenvalue weighted by Crippen LogP contribution is -2.30. The molecule has 2 aliphatic rings.